The predicted molar refractivity (Wildman–Crippen MR) is 115 cm³/mol. The number of hydrogen-bond acceptors (Lipinski definition) is 7. The second-order valence-electron chi connectivity index (χ2n) is 5.84. The second kappa shape index (κ2) is 49.8. The lowest BCUT2D eigenvalue weighted by Crippen LogP contribution is -2.22. The van der Waals surface area contributed by atoms with E-state index in [9.17, 15) is 0 Å². The van der Waals surface area contributed by atoms with Gasteiger partial charge in [0.2, 0.25) is 0 Å². The maximum absolute atomic E-state index is 8.81. The summed E-state index contributed by atoms with van der Waals surface area (Å²) in [4.78, 5) is 17.6. The van der Waals surface area contributed by atoms with Gasteiger partial charge in [0.1, 0.15) is 12.6 Å². The van der Waals surface area contributed by atoms with Crippen molar-refractivity contribution in [2.75, 3.05) is 33.0 Å². The smallest absolute Gasteiger partial charge is 0.116 e. The summed E-state index contributed by atoms with van der Waals surface area (Å²) in [6.45, 7) is 20.2. The van der Waals surface area contributed by atoms with Crippen molar-refractivity contribution in [1.29, 1.82) is 0 Å². The van der Waals surface area contributed by atoms with Gasteiger partial charge in [0.25, 0.3) is 0 Å². The maximum atomic E-state index is 8.81. The fourth-order valence-electron chi connectivity index (χ4n) is 0.354. The molecule has 1 fully saturated rings. The molecular formula is C20H48O7. The predicted octanol–water partition coefficient (Wildman–Crippen LogP) is 2.64. The van der Waals surface area contributed by atoms with E-state index in [4.69, 9.17) is 34.8 Å². The molecule has 0 amide bonds. The monoisotopic (exact) mass is 400 g/mol. The van der Waals surface area contributed by atoms with E-state index in [2.05, 4.69) is 47.8 Å². The molecule has 1 aliphatic heterocycles. The van der Waals surface area contributed by atoms with Crippen LogP contribution in [0.3, 0.4) is 0 Å². The zero-order valence-corrected chi connectivity index (χ0v) is 17.9. The summed E-state index contributed by atoms with van der Waals surface area (Å²) < 4.78 is 4.93. The molecule has 0 bridgehead atoms. The molecule has 1 rings (SSSR count). The molecule has 0 aliphatic carbocycles. The number of carbonyl (C=O) groups excluding carboxylic acids is 2. The van der Waals surface area contributed by atoms with Crippen LogP contribution in [0.15, 0.2) is 13.2 Å². The molecule has 27 heavy (non-hydrogen) atoms. The van der Waals surface area contributed by atoms with Crippen molar-refractivity contribution in [2.45, 2.75) is 68.4 Å². The van der Waals surface area contributed by atoms with E-state index in [1.54, 1.807) is 0 Å². The Kier molecular flexibility index (Phi) is 82.9. The van der Waals surface area contributed by atoms with Crippen LogP contribution in [0.4, 0.5) is 0 Å². The number of aliphatic hydroxyl groups is 4. The average molecular weight is 401 g/mol. The highest BCUT2D eigenvalue weighted by Crippen LogP contribution is 2.08. The van der Waals surface area contributed by atoms with Gasteiger partial charge < -0.3 is 34.8 Å². The van der Waals surface area contributed by atoms with Gasteiger partial charge in [0.15, 0.2) is 0 Å². The molecule has 1 unspecified atom stereocenters. The molecule has 1 heterocycles. The molecule has 1 saturated heterocycles. The van der Waals surface area contributed by atoms with Crippen LogP contribution < -0.4 is 0 Å². The maximum Gasteiger partial charge on any atom is 0.116 e. The number of rotatable bonds is 2. The fraction of sp³-hybridized carbons (Fsp3) is 0.800. The Hall–Kier alpha value is -1.12. The molecule has 0 saturated carbocycles. The van der Waals surface area contributed by atoms with E-state index in [0.29, 0.717) is 11.5 Å². The van der Waals surface area contributed by atoms with Crippen LogP contribution in [0.5, 0.6) is 0 Å². The third-order valence-corrected chi connectivity index (χ3v) is 1.13. The van der Waals surface area contributed by atoms with E-state index < -0.39 is 0 Å². The minimum atomic E-state index is -0.125. The Labute approximate surface area is 168 Å². The summed E-state index contributed by atoms with van der Waals surface area (Å²) in [5, 5.41) is 30.5. The van der Waals surface area contributed by atoms with Gasteiger partial charge in [-0.2, -0.15) is 0 Å². The SMILES string of the molecule is C.C=C.CC(C)(C)C.CC1CCO1.CC=O.CC=O.OCCO.OCCO. The molecule has 0 aromatic heterocycles. The van der Waals surface area contributed by atoms with Crippen LogP contribution in [-0.2, 0) is 14.3 Å². The van der Waals surface area contributed by atoms with E-state index in [1.807, 2.05) is 0 Å². The Morgan fingerprint density at radius 3 is 1.00 bits per heavy atom. The molecule has 1 aliphatic rings. The first-order valence-electron chi connectivity index (χ1n) is 8.40. The highest BCUT2D eigenvalue weighted by Gasteiger charge is 2.09. The molecule has 7 nitrogen and oxygen atoms in total. The molecule has 0 spiro atoms. The third-order valence-electron chi connectivity index (χ3n) is 1.13. The van der Waals surface area contributed by atoms with Gasteiger partial charge in [-0.1, -0.05) is 35.1 Å². The molecule has 170 valence electrons. The third kappa shape index (κ3) is 275. The summed E-state index contributed by atoms with van der Waals surface area (Å²) >= 11 is 0. The summed E-state index contributed by atoms with van der Waals surface area (Å²) in [5.41, 5.74) is 0.500. The van der Waals surface area contributed by atoms with Gasteiger partial charge in [-0.15, -0.1) is 13.2 Å². The van der Waals surface area contributed by atoms with Crippen molar-refractivity contribution >= 4 is 12.6 Å². The number of aldehydes is 2. The molecule has 0 radical (unpaired) electrons. The van der Waals surface area contributed by atoms with Crippen molar-refractivity contribution in [3.8, 4) is 0 Å². The zero-order chi connectivity index (χ0) is 22.4. The number of ether oxygens (including phenoxy) is 1. The highest BCUT2D eigenvalue weighted by atomic mass is 16.5. The molecule has 7 heteroatoms. The van der Waals surface area contributed by atoms with Crippen LogP contribution in [0.2, 0.25) is 0 Å². The van der Waals surface area contributed by atoms with Crippen LogP contribution >= 0.6 is 0 Å². The first kappa shape index (κ1) is 44.9. The van der Waals surface area contributed by atoms with E-state index in [1.165, 1.54) is 20.3 Å². The number of hydrogen-bond donors (Lipinski definition) is 4. The van der Waals surface area contributed by atoms with Gasteiger partial charge >= 0.3 is 0 Å². The lowest BCUT2D eigenvalue weighted by molar-refractivity contribution is -0.106. The molecular weight excluding hydrogens is 352 g/mol. The van der Waals surface area contributed by atoms with Gasteiger partial charge in [-0.3, -0.25) is 0 Å². The first-order valence-corrected chi connectivity index (χ1v) is 8.40. The molecule has 1 atom stereocenters. The van der Waals surface area contributed by atoms with Gasteiger partial charge in [0, 0.05) is 6.61 Å². The number of aliphatic hydroxyl groups excluding tert-OH is 4. The minimum absolute atomic E-state index is 0. The Morgan fingerprint density at radius 2 is 1.00 bits per heavy atom. The first-order chi connectivity index (χ1) is 12.1. The molecule has 0 aromatic rings. The Balaban J connectivity index is -0.0000000351. The summed E-state index contributed by atoms with van der Waals surface area (Å²) in [7, 11) is 0. The minimum Gasteiger partial charge on any atom is -0.394 e. The van der Waals surface area contributed by atoms with Crippen molar-refractivity contribution in [2.24, 2.45) is 5.41 Å². The standard InChI is InChI=1S/C5H12.C4H8O.2C2H6O2.2C2H4O.C2H4.CH4/c1-5(2,3)4;1-4-2-3-5-4;2*3-1-2-4;2*1-2-3;1-2;/h1-4H3;4H,2-3H2,1H3;2*3-4H,1-2H2;2*2H,1H3;1-2H2;1H4. The lowest BCUT2D eigenvalue weighted by atomic mass is 10.0. The van der Waals surface area contributed by atoms with Gasteiger partial charge in [-0.05, 0) is 32.6 Å². The van der Waals surface area contributed by atoms with Crippen molar-refractivity contribution in [3.63, 3.8) is 0 Å². The van der Waals surface area contributed by atoms with Gasteiger partial charge in [-0.25, -0.2) is 0 Å². The zero-order valence-electron chi connectivity index (χ0n) is 17.9. The van der Waals surface area contributed by atoms with Crippen molar-refractivity contribution in [1.82, 2.24) is 0 Å². The lowest BCUT2D eigenvalue weighted by Gasteiger charge is -2.20. The van der Waals surface area contributed by atoms with E-state index in [-0.39, 0.29) is 33.9 Å². The van der Waals surface area contributed by atoms with Gasteiger partial charge in [0.05, 0.1) is 32.5 Å². The second-order valence-corrected chi connectivity index (χ2v) is 5.84. The average Bonchev–Trinajstić information content (AvgIpc) is 2.55. The number of carbonyl (C=O) groups is 2. The van der Waals surface area contributed by atoms with Crippen molar-refractivity contribution < 1.29 is 34.8 Å². The van der Waals surface area contributed by atoms with Crippen LogP contribution in [0, 0.1) is 5.41 Å². The highest BCUT2D eigenvalue weighted by molar-refractivity contribution is 5.44. The van der Waals surface area contributed by atoms with Crippen LogP contribution in [-0.4, -0.2) is 72.1 Å². The summed E-state index contributed by atoms with van der Waals surface area (Å²) in [5.74, 6) is 0. The summed E-state index contributed by atoms with van der Waals surface area (Å²) in [6.07, 6.45) is 3.33. The van der Waals surface area contributed by atoms with E-state index in [0.717, 1.165) is 19.2 Å². The quantitative estimate of drug-likeness (QED) is 0.415. The molecule has 4 N–H and O–H groups in total. The Morgan fingerprint density at radius 1 is 0.889 bits per heavy atom. The van der Waals surface area contributed by atoms with E-state index >= 15 is 0 Å². The van der Waals surface area contributed by atoms with Crippen LogP contribution in [0.25, 0.3) is 0 Å². The topological polar surface area (TPSA) is 124 Å². The van der Waals surface area contributed by atoms with Crippen molar-refractivity contribution in [3.05, 3.63) is 13.2 Å². The molecule has 0 aromatic carbocycles. The fourth-order valence-corrected chi connectivity index (χ4v) is 0.354. The largest absolute Gasteiger partial charge is 0.394 e. The van der Waals surface area contributed by atoms with Crippen LogP contribution in [0.1, 0.15) is 62.3 Å². The Bertz CT molecular complexity index is 193. The normalized spacial score (nSPS) is 12.3. The summed E-state index contributed by atoms with van der Waals surface area (Å²) in [6, 6.07) is 0.